The summed E-state index contributed by atoms with van der Waals surface area (Å²) in [6.07, 6.45) is 3.13. The fourth-order valence-corrected chi connectivity index (χ4v) is 2.17. The number of rotatable bonds is 1. The number of pyridine rings is 1. The molecule has 0 aliphatic carbocycles. The van der Waals surface area contributed by atoms with Crippen LogP contribution in [0.25, 0.3) is 0 Å². The fraction of sp³-hybridized carbons (Fsp3) is 0.222. The minimum absolute atomic E-state index is 0.375. The Hall–Kier alpha value is -0.940. The topological polar surface area (TPSA) is 59.1 Å². The number of alkyl halides is 1. The van der Waals surface area contributed by atoms with Crippen molar-refractivity contribution in [2.24, 2.45) is 0 Å². The Morgan fingerprint density at radius 1 is 1.33 bits per heavy atom. The number of nitrogens with one attached hydrogen (secondary N) is 1. The van der Waals surface area contributed by atoms with Crippen LogP contribution >= 0.6 is 27.5 Å². The van der Waals surface area contributed by atoms with Crippen LogP contribution in [0.15, 0.2) is 22.9 Å². The first-order valence-electron chi connectivity index (χ1n) is 4.19. The average molecular weight is 290 g/mol. The van der Waals surface area contributed by atoms with Gasteiger partial charge in [-0.2, -0.15) is 0 Å². The van der Waals surface area contributed by atoms with Crippen LogP contribution in [0.2, 0.25) is 0 Å². The smallest absolute Gasteiger partial charge is 0.245 e. The number of halogens is 2. The standard InChI is InChI=1S/C9H6BrClN2O2/c10-5-1-4(2-12-3-5)6-7(11)9(15)13-8(6)14/h1-3,6-7H,(H,13,14,15). The van der Waals surface area contributed by atoms with E-state index in [0.717, 1.165) is 4.47 Å². The van der Waals surface area contributed by atoms with Crippen LogP contribution < -0.4 is 5.32 Å². The summed E-state index contributed by atoms with van der Waals surface area (Å²) in [7, 11) is 0. The van der Waals surface area contributed by atoms with Crippen molar-refractivity contribution in [1.82, 2.24) is 10.3 Å². The minimum atomic E-state index is -0.853. The van der Waals surface area contributed by atoms with E-state index in [-0.39, 0.29) is 5.91 Å². The van der Waals surface area contributed by atoms with E-state index in [9.17, 15) is 9.59 Å². The molecule has 2 heterocycles. The number of carbonyl (C=O) groups is 2. The average Bonchev–Trinajstić information content (AvgIpc) is 2.41. The zero-order valence-electron chi connectivity index (χ0n) is 7.41. The Morgan fingerprint density at radius 2 is 2.07 bits per heavy atom. The first-order chi connectivity index (χ1) is 7.09. The Balaban J connectivity index is 2.39. The first kappa shape index (κ1) is 10.6. The van der Waals surface area contributed by atoms with Crippen LogP contribution in [0.1, 0.15) is 11.5 Å². The molecule has 2 atom stereocenters. The van der Waals surface area contributed by atoms with E-state index in [1.54, 1.807) is 12.3 Å². The molecule has 1 saturated heterocycles. The minimum Gasteiger partial charge on any atom is -0.295 e. The van der Waals surface area contributed by atoms with Crippen molar-refractivity contribution in [2.45, 2.75) is 11.3 Å². The second-order valence-electron chi connectivity index (χ2n) is 3.17. The third kappa shape index (κ3) is 1.89. The van der Waals surface area contributed by atoms with Gasteiger partial charge in [0.1, 0.15) is 5.38 Å². The van der Waals surface area contributed by atoms with Crippen molar-refractivity contribution in [3.05, 3.63) is 28.5 Å². The van der Waals surface area contributed by atoms with Crippen molar-refractivity contribution >= 4 is 39.3 Å². The van der Waals surface area contributed by atoms with E-state index in [4.69, 9.17) is 11.6 Å². The predicted octanol–water partition coefficient (Wildman–Crippen LogP) is 1.19. The van der Waals surface area contributed by atoms with Gasteiger partial charge in [0.25, 0.3) is 0 Å². The number of hydrogen-bond acceptors (Lipinski definition) is 3. The maximum absolute atomic E-state index is 11.4. The number of nitrogens with zero attached hydrogens (tertiary/aromatic N) is 1. The van der Waals surface area contributed by atoms with Crippen LogP contribution in [-0.4, -0.2) is 22.2 Å². The van der Waals surface area contributed by atoms with Gasteiger partial charge in [0.2, 0.25) is 11.8 Å². The van der Waals surface area contributed by atoms with Crippen LogP contribution in [0, 0.1) is 0 Å². The van der Waals surface area contributed by atoms with Crippen molar-refractivity contribution in [1.29, 1.82) is 0 Å². The van der Waals surface area contributed by atoms with Crippen molar-refractivity contribution in [3.63, 3.8) is 0 Å². The van der Waals surface area contributed by atoms with Gasteiger partial charge in [0, 0.05) is 16.9 Å². The summed E-state index contributed by atoms with van der Waals surface area (Å²) < 4.78 is 0.746. The van der Waals surface area contributed by atoms with Gasteiger partial charge in [-0.05, 0) is 27.6 Å². The number of hydrogen-bond donors (Lipinski definition) is 1. The maximum atomic E-state index is 11.4. The molecule has 1 aromatic rings. The van der Waals surface area contributed by atoms with Crippen molar-refractivity contribution in [2.75, 3.05) is 0 Å². The molecule has 0 spiro atoms. The Kier molecular flexibility index (Phi) is 2.75. The highest BCUT2D eigenvalue weighted by Crippen LogP contribution is 2.29. The molecule has 2 unspecified atom stereocenters. The molecular formula is C9H6BrClN2O2. The predicted molar refractivity (Wildman–Crippen MR) is 57.5 cm³/mol. The van der Waals surface area contributed by atoms with Gasteiger partial charge in [0.05, 0.1) is 5.92 Å². The lowest BCUT2D eigenvalue weighted by Crippen LogP contribution is -2.22. The van der Waals surface area contributed by atoms with Gasteiger partial charge >= 0.3 is 0 Å². The molecule has 1 N–H and O–H groups in total. The van der Waals surface area contributed by atoms with Crippen LogP contribution in [0.3, 0.4) is 0 Å². The molecule has 0 aromatic carbocycles. The highest BCUT2D eigenvalue weighted by atomic mass is 79.9. The summed E-state index contributed by atoms with van der Waals surface area (Å²) in [5, 5.41) is 1.33. The Bertz CT molecular complexity index is 438. The van der Waals surface area contributed by atoms with E-state index in [2.05, 4.69) is 26.2 Å². The maximum Gasteiger partial charge on any atom is 0.245 e. The Labute approximate surface area is 99.1 Å². The van der Waals surface area contributed by atoms with Crippen molar-refractivity contribution < 1.29 is 9.59 Å². The summed E-state index contributed by atoms with van der Waals surface area (Å²) in [4.78, 5) is 26.5. The summed E-state index contributed by atoms with van der Waals surface area (Å²) >= 11 is 9.08. The van der Waals surface area contributed by atoms with E-state index in [1.165, 1.54) is 6.20 Å². The van der Waals surface area contributed by atoms with Crippen LogP contribution in [0.4, 0.5) is 0 Å². The SMILES string of the molecule is O=C1NC(=O)C(c2cncc(Br)c2)C1Cl. The number of aromatic nitrogens is 1. The van der Waals surface area contributed by atoms with Crippen LogP contribution in [-0.2, 0) is 9.59 Å². The van der Waals surface area contributed by atoms with E-state index in [1.807, 2.05) is 0 Å². The molecule has 1 aliphatic heterocycles. The normalized spacial score (nSPS) is 25.5. The molecule has 2 amide bonds. The van der Waals surface area contributed by atoms with Gasteiger partial charge in [-0.25, -0.2) is 0 Å². The summed E-state index contributed by atoms with van der Waals surface area (Å²) in [6.45, 7) is 0. The molecule has 1 aromatic heterocycles. The second kappa shape index (κ2) is 3.90. The second-order valence-corrected chi connectivity index (χ2v) is 4.56. The van der Waals surface area contributed by atoms with E-state index in [0.29, 0.717) is 5.56 Å². The van der Waals surface area contributed by atoms with Gasteiger partial charge in [-0.1, -0.05) is 0 Å². The molecule has 6 heteroatoms. The summed E-state index contributed by atoms with van der Waals surface area (Å²) in [6, 6.07) is 1.73. The number of imide groups is 1. The number of carbonyl (C=O) groups excluding carboxylic acids is 2. The van der Waals surface area contributed by atoms with Gasteiger partial charge in [-0.3, -0.25) is 19.9 Å². The molecule has 4 nitrogen and oxygen atoms in total. The molecule has 15 heavy (non-hydrogen) atoms. The Morgan fingerprint density at radius 3 is 2.60 bits per heavy atom. The molecule has 1 fully saturated rings. The van der Waals surface area contributed by atoms with Crippen molar-refractivity contribution in [3.8, 4) is 0 Å². The van der Waals surface area contributed by atoms with Gasteiger partial charge in [0.15, 0.2) is 0 Å². The van der Waals surface area contributed by atoms with Gasteiger partial charge in [-0.15, -0.1) is 11.6 Å². The third-order valence-electron chi connectivity index (χ3n) is 2.16. The molecule has 2 rings (SSSR count). The van der Waals surface area contributed by atoms with E-state index < -0.39 is 17.2 Å². The lowest BCUT2D eigenvalue weighted by Gasteiger charge is -2.09. The molecule has 1 aliphatic rings. The summed E-state index contributed by atoms with van der Waals surface area (Å²) in [5.41, 5.74) is 0.632. The number of amides is 2. The fourth-order valence-electron chi connectivity index (χ4n) is 1.47. The molecule has 0 radical (unpaired) electrons. The largest absolute Gasteiger partial charge is 0.295 e. The highest BCUT2D eigenvalue weighted by molar-refractivity contribution is 9.10. The zero-order chi connectivity index (χ0) is 11.0. The molecule has 78 valence electrons. The van der Waals surface area contributed by atoms with E-state index >= 15 is 0 Å². The molecule has 0 bridgehead atoms. The summed E-state index contributed by atoms with van der Waals surface area (Å²) in [5.74, 6) is -1.48. The first-order valence-corrected chi connectivity index (χ1v) is 5.42. The monoisotopic (exact) mass is 288 g/mol. The highest BCUT2D eigenvalue weighted by Gasteiger charge is 2.41. The zero-order valence-corrected chi connectivity index (χ0v) is 9.75. The van der Waals surface area contributed by atoms with Crippen LogP contribution in [0.5, 0.6) is 0 Å². The quantitative estimate of drug-likeness (QED) is 0.624. The molecular weight excluding hydrogens is 283 g/mol. The lowest BCUT2D eigenvalue weighted by atomic mass is 9.99. The lowest BCUT2D eigenvalue weighted by molar-refractivity contribution is -0.125. The third-order valence-corrected chi connectivity index (χ3v) is 3.04. The van der Waals surface area contributed by atoms with Gasteiger partial charge < -0.3 is 0 Å². The molecule has 0 saturated carbocycles.